The first-order valence-electron chi connectivity index (χ1n) is 5.89. The molecule has 0 saturated carbocycles. The summed E-state index contributed by atoms with van der Waals surface area (Å²) in [6, 6.07) is 5.34. The van der Waals surface area contributed by atoms with Crippen molar-refractivity contribution in [1.82, 2.24) is 5.01 Å². The molecule has 1 aliphatic heterocycles. The van der Waals surface area contributed by atoms with Crippen molar-refractivity contribution in [3.05, 3.63) is 29.8 Å². The summed E-state index contributed by atoms with van der Waals surface area (Å²) in [4.78, 5) is 22.9. The van der Waals surface area contributed by atoms with Gasteiger partial charge in [-0.2, -0.15) is 20.3 Å². The highest BCUT2D eigenvalue weighted by atomic mass is 32.1. The Hall–Kier alpha value is -2.68. The maximum atomic E-state index is 12.0. The van der Waals surface area contributed by atoms with E-state index in [1.54, 1.807) is 19.1 Å². The van der Waals surface area contributed by atoms with Crippen molar-refractivity contribution in [3.8, 4) is 0 Å². The lowest BCUT2D eigenvalue weighted by Gasteiger charge is -2.08. The lowest BCUT2D eigenvalue weighted by atomic mass is 10.2. The number of thiocarbonyl (C=S) groups is 1. The van der Waals surface area contributed by atoms with Crippen molar-refractivity contribution < 1.29 is 9.59 Å². The number of nitrogens with two attached hydrogens (primary N) is 2. The van der Waals surface area contributed by atoms with Crippen molar-refractivity contribution in [2.45, 2.75) is 13.0 Å². The molecule has 0 fully saturated rings. The van der Waals surface area contributed by atoms with Crippen LogP contribution in [0.25, 0.3) is 0 Å². The molecule has 0 spiro atoms. The summed E-state index contributed by atoms with van der Waals surface area (Å²) in [5.41, 5.74) is 11.8. The second-order valence-corrected chi connectivity index (χ2v) is 4.68. The molecule has 21 heavy (non-hydrogen) atoms. The average molecular weight is 304 g/mol. The Bertz CT molecular complexity index is 667. The van der Waals surface area contributed by atoms with Gasteiger partial charge in [-0.3, -0.25) is 9.59 Å². The molecule has 4 N–H and O–H groups in total. The van der Waals surface area contributed by atoms with Gasteiger partial charge >= 0.3 is 0 Å². The number of hydrogen-bond donors (Lipinski definition) is 2. The van der Waals surface area contributed by atoms with E-state index in [0.29, 0.717) is 17.0 Å². The van der Waals surface area contributed by atoms with Crippen molar-refractivity contribution in [2.75, 3.05) is 0 Å². The lowest BCUT2D eigenvalue weighted by Crippen LogP contribution is -2.37. The van der Waals surface area contributed by atoms with Gasteiger partial charge in [-0.05, 0) is 43.4 Å². The number of hydrazone groups is 1. The highest BCUT2D eigenvalue weighted by Crippen LogP contribution is 2.17. The Morgan fingerprint density at radius 3 is 2.43 bits per heavy atom. The summed E-state index contributed by atoms with van der Waals surface area (Å²) in [6.07, 6.45) is 0. The number of nitrogens with zero attached hydrogens (tertiary/aromatic N) is 4. The minimum Gasteiger partial charge on any atom is -0.374 e. The van der Waals surface area contributed by atoms with Crippen LogP contribution in [0.4, 0.5) is 5.69 Å². The van der Waals surface area contributed by atoms with Crippen molar-refractivity contribution in [1.29, 1.82) is 0 Å². The zero-order valence-electron chi connectivity index (χ0n) is 11.1. The quantitative estimate of drug-likeness (QED) is 0.629. The van der Waals surface area contributed by atoms with Crippen LogP contribution in [0, 0.1) is 0 Å². The Morgan fingerprint density at radius 1 is 1.33 bits per heavy atom. The minimum atomic E-state index is -0.845. The predicted molar refractivity (Wildman–Crippen MR) is 80.0 cm³/mol. The zero-order valence-corrected chi connectivity index (χ0v) is 11.9. The van der Waals surface area contributed by atoms with Crippen LogP contribution >= 0.6 is 12.2 Å². The standard InChI is InChI=1S/C12H12N6O2S/c1-6-9(11(20)18(17-6)12(14)21)16-15-8-4-2-7(3-5-8)10(13)19/h2-5,9H,1H3,(H2,13,19)(H2,14,21)/t9-/m0/s1. The van der Waals surface area contributed by atoms with Crippen LogP contribution in [-0.4, -0.2) is 33.7 Å². The van der Waals surface area contributed by atoms with Gasteiger partial charge in [-0.25, -0.2) is 0 Å². The van der Waals surface area contributed by atoms with Gasteiger partial charge < -0.3 is 11.5 Å². The van der Waals surface area contributed by atoms with Gasteiger partial charge in [0, 0.05) is 5.56 Å². The first kappa shape index (κ1) is 14.7. The molecule has 2 rings (SSSR count). The van der Waals surface area contributed by atoms with E-state index in [0.717, 1.165) is 5.01 Å². The van der Waals surface area contributed by atoms with Gasteiger partial charge in [0.2, 0.25) is 5.91 Å². The number of hydrogen-bond acceptors (Lipinski definition) is 6. The van der Waals surface area contributed by atoms with Crippen LogP contribution in [-0.2, 0) is 4.79 Å². The second kappa shape index (κ2) is 5.75. The van der Waals surface area contributed by atoms with Crippen LogP contribution in [0.1, 0.15) is 17.3 Å². The smallest absolute Gasteiger partial charge is 0.282 e. The van der Waals surface area contributed by atoms with E-state index in [1.165, 1.54) is 12.1 Å². The summed E-state index contributed by atoms with van der Waals surface area (Å²) >= 11 is 4.71. The SMILES string of the molecule is CC1=NN(C(N)=S)C(=O)[C@H]1N=Nc1ccc(C(N)=O)cc1. The number of azo groups is 1. The van der Waals surface area contributed by atoms with E-state index in [1.807, 2.05) is 0 Å². The average Bonchev–Trinajstić information content (AvgIpc) is 2.72. The van der Waals surface area contributed by atoms with Gasteiger partial charge in [0.05, 0.1) is 11.4 Å². The summed E-state index contributed by atoms with van der Waals surface area (Å²) in [7, 11) is 0. The fourth-order valence-electron chi connectivity index (χ4n) is 1.66. The number of primary amides is 1. The number of carbonyl (C=O) groups is 2. The van der Waals surface area contributed by atoms with E-state index in [4.69, 9.17) is 23.7 Å². The van der Waals surface area contributed by atoms with Gasteiger partial charge in [0.25, 0.3) is 5.91 Å². The third-order valence-corrected chi connectivity index (χ3v) is 2.92. The number of amides is 2. The number of rotatable bonds is 3. The Labute approximate surface area is 125 Å². The molecule has 0 unspecified atom stereocenters. The molecule has 1 atom stereocenters. The summed E-state index contributed by atoms with van der Waals surface area (Å²) in [5.74, 6) is -0.975. The van der Waals surface area contributed by atoms with Crippen LogP contribution in [0.15, 0.2) is 39.6 Å². The van der Waals surface area contributed by atoms with Gasteiger partial charge in [-0.1, -0.05) is 0 Å². The fourth-order valence-corrected chi connectivity index (χ4v) is 1.79. The molecule has 1 heterocycles. The monoisotopic (exact) mass is 304 g/mol. The third kappa shape index (κ3) is 3.08. The molecule has 108 valence electrons. The molecule has 1 aliphatic rings. The first-order chi connectivity index (χ1) is 9.90. The molecule has 0 radical (unpaired) electrons. The first-order valence-corrected chi connectivity index (χ1v) is 6.30. The molecule has 2 amide bonds. The number of benzene rings is 1. The fraction of sp³-hybridized carbons (Fsp3) is 0.167. The van der Waals surface area contributed by atoms with E-state index >= 15 is 0 Å². The summed E-state index contributed by atoms with van der Waals surface area (Å²) in [5, 5.41) is 12.6. The maximum Gasteiger partial charge on any atom is 0.282 e. The van der Waals surface area contributed by atoms with E-state index in [9.17, 15) is 9.59 Å². The molecular weight excluding hydrogens is 292 g/mol. The molecule has 9 heteroatoms. The Balaban J connectivity index is 2.15. The van der Waals surface area contributed by atoms with E-state index in [-0.39, 0.29) is 5.11 Å². The summed E-state index contributed by atoms with van der Waals surface area (Å²) in [6.45, 7) is 1.63. The molecule has 1 aromatic rings. The lowest BCUT2D eigenvalue weighted by molar-refractivity contribution is -0.126. The predicted octanol–water partition coefficient (Wildman–Crippen LogP) is 0.700. The second-order valence-electron chi connectivity index (χ2n) is 4.26. The molecule has 0 bridgehead atoms. The minimum absolute atomic E-state index is 0.136. The Morgan fingerprint density at radius 2 is 1.95 bits per heavy atom. The van der Waals surface area contributed by atoms with Crippen molar-refractivity contribution in [2.24, 2.45) is 26.8 Å². The van der Waals surface area contributed by atoms with Gasteiger partial charge in [-0.15, -0.1) is 0 Å². The molecular formula is C12H12N6O2S. The van der Waals surface area contributed by atoms with Crippen LogP contribution in [0.3, 0.4) is 0 Å². The molecule has 0 aliphatic carbocycles. The summed E-state index contributed by atoms with van der Waals surface area (Å²) < 4.78 is 0. The highest BCUT2D eigenvalue weighted by Gasteiger charge is 2.35. The number of carbonyl (C=O) groups excluding carboxylic acids is 2. The van der Waals surface area contributed by atoms with Gasteiger partial charge in [0.15, 0.2) is 11.2 Å². The van der Waals surface area contributed by atoms with Crippen molar-refractivity contribution in [3.63, 3.8) is 0 Å². The molecule has 8 nitrogen and oxygen atoms in total. The van der Waals surface area contributed by atoms with Gasteiger partial charge in [0.1, 0.15) is 0 Å². The van der Waals surface area contributed by atoms with Crippen LogP contribution in [0.2, 0.25) is 0 Å². The van der Waals surface area contributed by atoms with Crippen molar-refractivity contribution >= 4 is 40.5 Å². The van der Waals surface area contributed by atoms with E-state index < -0.39 is 17.9 Å². The molecule has 0 saturated heterocycles. The zero-order chi connectivity index (χ0) is 15.6. The largest absolute Gasteiger partial charge is 0.374 e. The topological polar surface area (TPSA) is 126 Å². The van der Waals surface area contributed by atoms with Crippen LogP contribution in [0.5, 0.6) is 0 Å². The molecule has 0 aromatic heterocycles. The third-order valence-electron chi connectivity index (χ3n) is 2.75. The van der Waals surface area contributed by atoms with Crippen LogP contribution < -0.4 is 11.5 Å². The van der Waals surface area contributed by atoms with E-state index in [2.05, 4.69) is 15.3 Å². The highest BCUT2D eigenvalue weighted by molar-refractivity contribution is 7.80. The maximum absolute atomic E-state index is 12.0. The normalized spacial score (nSPS) is 18.1. The Kier molecular flexibility index (Phi) is 4.03. The molecule has 1 aromatic carbocycles.